The lowest BCUT2D eigenvalue weighted by Gasteiger charge is -2.22. The maximum Gasteiger partial charge on any atom is 0.240 e. The first-order valence-electron chi connectivity index (χ1n) is 12.6. The van der Waals surface area contributed by atoms with Crippen LogP contribution in [-0.2, 0) is 14.8 Å². The van der Waals surface area contributed by atoms with Gasteiger partial charge in [0.2, 0.25) is 15.9 Å². The minimum absolute atomic E-state index is 0.00550. The molecule has 1 aliphatic carbocycles. The molecule has 0 aliphatic heterocycles. The van der Waals surface area contributed by atoms with Crippen LogP contribution in [0.25, 0.3) is 16.6 Å². The van der Waals surface area contributed by atoms with E-state index in [1.54, 1.807) is 12.1 Å². The van der Waals surface area contributed by atoms with Crippen LogP contribution in [0, 0.1) is 13.8 Å². The smallest absolute Gasteiger partial charge is 0.240 e. The van der Waals surface area contributed by atoms with E-state index in [0.29, 0.717) is 10.8 Å². The van der Waals surface area contributed by atoms with E-state index in [9.17, 15) is 13.2 Å². The zero-order valence-electron chi connectivity index (χ0n) is 21.2. The van der Waals surface area contributed by atoms with Crippen LogP contribution >= 0.6 is 11.8 Å². The van der Waals surface area contributed by atoms with Crippen molar-refractivity contribution in [2.45, 2.75) is 74.2 Å². The van der Waals surface area contributed by atoms with Gasteiger partial charge in [0, 0.05) is 17.1 Å². The van der Waals surface area contributed by atoms with Crippen molar-refractivity contribution in [1.29, 1.82) is 0 Å². The first-order valence-corrected chi connectivity index (χ1v) is 14.9. The normalized spacial score (nSPS) is 15.8. The molecule has 1 amide bonds. The molecule has 1 aliphatic rings. The van der Waals surface area contributed by atoms with Gasteiger partial charge in [0.05, 0.1) is 15.7 Å². The van der Waals surface area contributed by atoms with E-state index in [1.165, 1.54) is 23.9 Å². The minimum Gasteiger partial charge on any atom is -0.325 e. The fourth-order valence-corrected chi connectivity index (χ4v) is 7.05. The van der Waals surface area contributed by atoms with Gasteiger partial charge in [0.15, 0.2) is 10.8 Å². The number of rotatable bonds is 7. The summed E-state index contributed by atoms with van der Waals surface area (Å²) in [4.78, 5) is 13.2. The Kier molecular flexibility index (Phi) is 7.24. The van der Waals surface area contributed by atoms with Crippen LogP contribution in [0.4, 0.5) is 5.69 Å². The number of hydrogen-bond acceptors (Lipinski definition) is 6. The van der Waals surface area contributed by atoms with E-state index < -0.39 is 15.3 Å². The van der Waals surface area contributed by atoms with Crippen molar-refractivity contribution in [1.82, 2.24) is 19.3 Å². The first kappa shape index (κ1) is 25.7. The molecular formula is C27H31N5O3S2. The van der Waals surface area contributed by atoms with Crippen molar-refractivity contribution in [3.05, 3.63) is 59.7 Å². The summed E-state index contributed by atoms with van der Waals surface area (Å²) >= 11 is 1.33. The molecule has 0 radical (unpaired) electrons. The van der Waals surface area contributed by atoms with Gasteiger partial charge in [0.25, 0.3) is 0 Å². The molecule has 2 N–H and O–H groups in total. The lowest BCUT2D eigenvalue weighted by molar-refractivity contribution is -0.115. The summed E-state index contributed by atoms with van der Waals surface area (Å²) < 4.78 is 30.3. The molecule has 0 bridgehead atoms. The maximum absolute atomic E-state index is 13.0. The van der Waals surface area contributed by atoms with Crippen LogP contribution in [0.1, 0.15) is 50.2 Å². The lowest BCUT2D eigenvalue weighted by Crippen LogP contribution is -2.36. The van der Waals surface area contributed by atoms with E-state index in [-0.39, 0.29) is 16.8 Å². The van der Waals surface area contributed by atoms with Crippen molar-refractivity contribution < 1.29 is 13.2 Å². The highest BCUT2D eigenvalue weighted by atomic mass is 32.2. The molecule has 8 nitrogen and oxygen atoms in total. The quantitative estimate of drug-likeness (QED) is 0.313. The summed E-state index contributed by atoms with van der Waals surface area (Å²) in [5.41, 5.74) is 4.56. The molecule has 37 heavy (non-hydrogen) atoms. The summed E-state index contributed by atoms with van der Waals surface area (Å²) in [6, 6.07) is 14.5. The van der Waals surface area contributed by atoms with E-state index in [0.717, 1.165) is 59.8 Å². The fourth-order valence-electron chi connectivity index (χ4n) is 4.89. The Morgan fingerprint density at radius 3 is 2.49 bits per heavy atom. The van der Waals surface area contributed by atoms with Crippen molar-refractivity contribution in [2.24, 2.45) is 0 Å². The Morgan fingerprint density at radius 2 is 1.76 bits per heavy atom. The highest BCUT2D eigenvalue weighted by Gasteiger charge is 2.23. The van der Waals surface area contributed by atoms with Gasteiger partial charge in [-0.2, -0.15) is 0 Å². The molecule has 1 atom stereocenters. The average Bonchev–Trinajstić information content (AvgIpc) is 3.27. The van der Waals surface area contributed by atoms with Crippen LogP contribution in [-0.4, -0.2) is 40.2 Å². The third kappa shape index (κ3) is 5.37. The van der Waals surface area contributed by atoms with Gasteiger partial charge in [0.1, 0.15) is 0 Å². The van der Waals surface area contributed by atoms with Gasteiger partial charge in [-0.05, 0) is 75.1 Å². The van der Waals surface area contributed by atoms with Gasteiger partial charge >= 0.3 is 0 Å². The first-order chi connectivity index (χ1) is 17.7. The number of anilines is 1. The molecule has 1 unspecified atom stereocenters. The number of fused-ring (bicyclic) bond motifs is 3. The number of aromatic nitrogens is 3. The van der Waals surface area contributed by atoms with Crippen molar-refractivity contribution in [2.75, 3.05) is 5.32 Å². The van der Waals surface area contributed by atoms with Gasteiger partial charge in [-0.25, -0.2) is 13.1 Å². The summed E-state index contributed by atoms with van der Waals surface area (Å²) in [7, 11) is -3.59. The predicted molar refractivity (Wildman–Crippen MR) is 148 cm³/mol. The molecule has 2 heterocycles. The van der Waals surface area contributed by atoms with Crippen LogP contribution in [0.15, 0.2) is 58.6 Å². The van der Waals surface area contributed by atoms with Crippen LogP contribution in [0.3, 0.4) is 0 Å². The van der Waals surface area contributed by atoms with E-state index in [1.807, 2.05) is 23.5 Å². The number of carbonyl (C=O) groups excluding carboxylic acids is 1. The Bertz CT molecular complexity index is 1560. The monoisotopic (exact) mass is 537 g/mol. The van der Waals surface area contributed by atoms with Crippen molar-refractivity contribution >= 4 is 49.9 Å². The molecule has 2 aromatic carbocycles. The number of hydrogen-bond donors (Lipinski definition) is 2. The van der Waals surface area contributed by atoms with Crippen LogP contribution in [0.2, 0.25) is 0 Å². The molecule has 5 rings (SSSR count). The molecule has 194 valence electrons. The molecule has 0 spiro atoms. The summed E-state index contributed by atoms with van der Waals surface area (Å²) in [5, 5.41) is 12.9. The standard InChI is InChI=1S/C27H31N5O3S2/c1-17-8-7-11-23-18(2)16-24-29-30-27(32(24)25(17)23)36-19(3)26(33)28-20-12-14-22(15-13-20)37(34,35)31-21-9-5-4-6-10-21/h7-8,11-16,19,21,31H,4-6,9-10H2,1-3H3,(H,28,33). The number of thioether (sulfide) groups is 1. The Labute approximate surface area is 221 Å². The number of nitrogens with zero attached hydrogens (tertiary/aromatic N) is 3. The van der Waals surface area contributed by atoms with Gasteiger partial charge in [-0.15, -0.1) is 10.2 Å². The lowest BCUT2D eigenvalue weighted by atomic mass is 9.96. The van der Waals surface area contributed by atoms with Crippen molar-refractivity contribution in [3.63, 3.8) is 0 Å². The number of carbonyl (C=O) groups is 1. The second kappa shape index (κ2) is 10.4. The molecule has 10 heteroatoms. The molecule has 2 aromatic heterocycles. The van der Waals surface area contributed by atoms with Crippen LogP contribution in [0.5, 0.6) is 0 Å². The number of amides is 1. The molecule has 0 saturated heterocycles. The van der Waals surface area contributed by atoms with Gasteiger partial charge in [-0.1, -0.05) is 49.2 Å². The van der Waals surface area contributed by atoms with E-state index >= 15 is 0 Å². The third-order valence-electron chi connectivity index (χ3n) is 6.90. The Hall–Kier alpha value is -2.95. The van der Waals surface area contributed by atoms with E-state index in [2.05, 4.69) is 46.2 Å². The number of benzene rings is 2. The minimum atomic E-state index is -3.59. The highest BCUT2D eigenvalue weighted by molar-refractivity contribution is 8.00. The van der Waals surface area contributed by atoms with Gasteiger partial charge < -0.3 is 5.32 Å². The Balaban J connectivity index is 1.29. The van der Waals surface area contributed by atoms with Crippen LogP contribution < -0.4 is 10.0 Å². The average molecular weight is 538 g/mol. The zero-order chi connectivity index (χ0) is 26.2. The largest absolute Gasteiger partial charge is 0.325 e. The zero-order valence-corrected chi connectivity index (χ0v) is 22.8. The van der Waals surface area contributed by atoms with E-state index in [4.69, 9.17) is 0 Å². The Morgan fingerprint density at radius 1 is 1.03 bits per heavy atom. The number of para-hydroxylation sites is 1. The fraction of sp³-hybridized carbons (Fsp3) is 0.370. The molecule has 4 aromatic rings. The number of nitrogens with one attached hydrogen (secondary N) is 2. The summed E-state index contributed by atoms with van der Waals surface area (Å²) in [5.74, 6) is -0.203. The molecule has 1 saturated carbocycles. The SMILES string of the molecule is Cc1cc2nnc(SC(C)C(=O)Nc3ccc(S(=O)(=O)NC4CCCCC4)cc3)n2c2c(C)cccc12. The highest BCUT2D eigenvalue weighted by Crippen LogP contribution is 2.30. The maximum atomic E-state index is 13.0. The number of aryl methyl sites for hydroxylation is 2. The van der Waals surface area contributed by atoms with Gasteiger partial charge in [-0.3, -0.25) is 9.20 Å². The second-order valence-corrected chi connectivity index (χ2v) is 12.7. The second-order valence-electron chi connectivity index (χ2n) is 9.70. The summed E-state index contributed by atoms with van der Waals surface area (Å²) in [6.07, 6.45) is 5.01. The predicted octanol–water partition coefficient (Wildman–Crippen LogP) is 5.23. The number of sulfonamides is 1. The van der Waals surface area contributed by atoms with Crippen molar-refractivity contribution in [3.8, 4) is 0 Å². The molecule has 1 fully saturated rings. The molecular weight excluding hydrogens is 506 g/mol. The topological polar surface area (TPSA) is 105 Å². The number of pyridine rings is 1. The summed E-state index contributed by atoms with van der Waals surface area (Å²) in [6.45, 7) is 5.93. The third-order valence-corrected chi connectivity index (χ3v) is 9.48.